The maximum atomic E-state index is 13.0. The zero-order chi connectivity index (χ0) is 23.1. The molecule has 0 saturated carbocycles. The molecule has 3 N–H and O–H groups in total. The standard InChI is InChI=1S/C25H23N5O3/c1-3-29-14-18(16-8-4-6-10-19(16)29)21-22(25(33)27-24(21)32)23-17-9-5-7-11-20(17)30(28-23)13-15(31)12-26-2/h3-11,14-15,26,31H,1,12-13H2,2H3,(H,27,32,33). The van der Waals surface area contributed by atoms with Gasteiger partial charge in [0.05, 0.1) is 34.8 Å². The number of rotatable bonds is 7. The highest BCUT2D eigenvalue weighted by molar-refractivity contribution is 6.50. The van der Waals surface area contributed by atoms with E-state index in [1.54, 1.807) is 24.1 Å². The molecule has 0 aliphatic carbocycles. The largest absolute Gasteiger partial charge is 0.390 e. The van der Waals surface area contributed by atoms with Gasteiger partial charge in [0.25, 0.3) is 11.8 Å². The van der Waals surface area contributed by atoms with Crippen LogP contribution in [0.2, 0.25) is 0 Å². The lowest BCUT2D eigenvalue weighted by atomic mass is 9.97. The van der Waals surface area contributed by atoms with E-state index in [2.05, 4.69) is 17.2 Å². The lowest BCUT2D eigenvalue weighted by Gasteiger charge is -2.10. The minimum Gasteiger partial charge on any atom is -0.390 e. The van der Waals surface area contributed by atoms with Crippen LogP contribution in [0.3, 0.4) is 0 Å². The molecule has 33 heavy (non-hydrogen) atoms. The Labute approximate surface area is 189 Å². The van der Waals surface area contributed by atoms with Crippen molar-refractivity contribution in [3.63, 3.8) is 0 Å². The summed E-state index contributed by atoms with van der Waals surface area (Å²) in [6, 6.07) is 15.1. The Morgan fingerprint density at radius 1 is 1.06 bits per heavy atom. The number of fused-ring (bicyclic) bond motifs is 2. The van der Waals surface area contributed by atoms with E-state index in [4.69, 9.17) is 5.10 Å². The molecule has 4 aromatic rings. The number of benzene rings is 2. The minimum atomic E-state index is -0.663. The Kier molecular flexibility index (Phi) is 5.16. The lowest BCUT2D eigenvalue weighted by Crippen LogP contribution is -2.28. The second kappa shape index (κ2) is 8.16. The van der Waals surface area contributed by atoms with Gasteiger partial charge in [0.15, 0.2) is 0 Å². The summed E-state index contributed by atoms with van der Waals surface area (Å²) in [6.07, 6.45) is 2.80. The Bertz CT molecular complexity index is 1460. The van der Waals surface area contributed by atoms with E-state index < -0.39 is 17.9 Å². The van der Waals surface area contributed by atoms with Gasteiger partial charge in [0, 0.05) is 35.3 Å². The molecule has 8 heteroatoms. The Morgan fingerprint density at radius 3 is 2.45 bits per heavy atom. The average molecular weight is 441 g/mol. The molecule has 1 aliphatic heterocycles. The van der Waals surface area contributed by atoms with Gasteiger partial charge in [0.1, 0.15) is 5.69 Å². The van der Waals surface area contributed by atoms with E-state index in [-0.39, 0.29) is 17.7 Å². The fraction of sp³-hybridized carbons (Fsp3) is 0.160. The number of nitrogens with zero attached hydrogens (tertiary/aromatic N) is 3. The van der Waals surface area contributed by atoms with E-state index in [9.17, 15) is 14.7 Å². The van der Waals surface area contributed by atoms with Crippen molar-refractivity contribution in [2.75, 3.05) is 13.6 Å². The van der Waals surface area contributed by atoms with Crippen molar-refractivity contribution >= 4 is 51.0 Å². The number of nitrogens with one attached hydrogen (secondary N) is 2. The maximum Gasteiger partial charge on any atom is 0.261 e. The second-order valence-electron chi connectivity index (χ2n) is 7.94. The van der Waals surface area contributed by atoms with Gasteiger partial charge in [-0.25, -0.2) is 0 Å². The summed E-state index contributed by atoms with van der Waals surface area (Å²) in [7, 11) is 1.76. The zero-order valence-corrected chi connectivity index (χ0v) is 18.1. The summed E-state index contributed by atoms with van der Waals surface area (Å²) in [5.74, 6) is -0.951. The number of carbonyl (C=O) groups is 2. The number of hydrogen-bond acceptors (Lipinski definition) is 5. The summed E-state index contributed by atoms with van der Waals surface area (Å²) < 4.78 is 3.51. The van der Waals surface area contributed by atoms with Gasteiger partial charge in [-0.15, -0.1) is 0 Å². The SMILES string of the molecule is C=Cn1cc(C2=C(c3nn(CC(O)CNC)c4ccccc34)C(=O)NC2=O)c2ccccc21. The number of amides is 2. The summed E-state index contributed by atoms with van der Waals surface area (Å²) in [6.45, 7) is 4.50. The number of hydrogen-bond donors (Lipinski definition) is 3. The third-order valence-corrected chi connectivity index (χ3v) is 5.86. The van der Waals surface area contributed by atoms with E-state index >= 15 is 0 Å². The predicted molar refractivity (Wildman–Crippen MR) is 128 cm³/mol. The van der Waals surface area contributed by atoms with Crippen LogP contribution in [0.4, 0.5) is 0 Å². The van der Waals surface area contributed by atoms with Gasteiger partial charge in [-0.1, -0.05) is 43.0 Å². The second-order valence-corrected chi connectivity index (χ2v) is 7.94. The smallest absolute Gasteiger partial charge is 0.261 e. The third-order valence-electron chi connectivity index (χ3n) is 5.86. The van der Waals surface area contributed by atoms with Crippen LogP contribution in [0.1, 0.15) is 11.3 Å². The molecule has 5 rings (SSSR count). The van der Waals surface area contributed by atoms with Gasteiger partial charge in [-0.3, -0.25) is 19.6 Å². The highest BCUT2D eigenvalue weighted by Crippen LogP contribution is 2.37. The first-order chi connectivity index (χ1) is 16.0. The number of aliphatic hydroxyl groups excluding tert-OH is 1. The Morgan fingerprint density at radius 2 is 1.73 bits per heavy atom. The summed E-state index contributed by atoms with van der Waals surface area (Å²) >= 11 is 0. The number of aromatic nitrogens is 3. The predicted octanol–water partition coefficient (Wildman–Crippen LogP) is 2.24. The molecule has 166 valence electrons. The maximum absolute atomic E-state index is 13.0. The molecule has 2 aromatic carbocycles. The van der Waals surface area contributed by atoms with Crippen LogP contribution in [-0.2, 0) is 16.1 Å². The molecular weight excluding hydrogens is 418 g/mol. The van der Waals surface area contributed by atoms with Gasteiger partial charge in [-0.05, 0) is 19.2 Å². The van der Waals surface area contributed by atoms with Gasteiger partial charge < -0.3 is 15.0 Å². The van der Waals surface area contributed by atoms with Crippen molar-refractivity contribution in [3.8, 4) is 0 Å². The average Bonchev–Trinajstić information content (AvgIpc) is 3.45. The van der Waals surface area contributed by atoms with Gasteiger partial charge >= 0.3 is 0 Å². The third kappa shape index (κ3) is 3.36. The summed E-state index contributed by atoms with van der Waals surface area (Å²) in [4.78, 5) is 26.0. The first kappa shape index (κ1) is 20.9. The van der Waals surface area contributed by atoms with E-state index in [0.717, 1.165) is 21.8 Å². The van der Waals surface area contributed by atoms with Crippen LogP contribution in [-0.4, -0.2) is 51.0 Å². The quantitative estimate of drug-likeness (QED) is 0.382. The van der Waals surface area contributed by atoms with E-state index in [1.165, 1.54) is 0 Å². The highest BCUT2D eigenvalue weighted by atomic mass is 16.3. The van der Waals surface area contributed by atoms with Crippen LogP contribution in [0.5, 0.6) is 0 Å². The molecule has 1 atom stereocenters. The zero-order valence-electron chi connectivity index (χ0n) is 18.1. The number of carbonyl (C=O) groups excluding carboxylic acids is 2. The van der Waals surface area contributed by atoms with Crippen molar-refractivity contribution in [1.29, 1.82) is 0 Å². The summed E-state index contributed by atoms with van der Waals surface area (Å²) in [5, 5.41) is 22.0. The molecule has 0 spiro atoms. The first-order valence-corrected chi connectivity index (χ1v) is 10.6. The molecular formula is C25H23N5O3. The molecule has 0 fully saturated rings. The fourth-order valence-electron chi connectivity index (χ4n) is 4.44. The topological polar surface area (TPSA) is 101 Å². The molecule has 2 aromatic heterocycles. The van der Waals surface area contributed by atoms with Crippen LogP contribution < -0.4 is 10.6 Å². The highest BCUT2D eigenvalue weighted by Gasteiger charge is 2.36. The van der Waals surface area contributed by atoms with Crippen molar-refractivity contribution in [3.05, 3.63) is 72.6 Å². The molecule has 0 saturated heterocycles. The van der Waals surface area contributed by atoms with Crippen molar-refractivity contribution in [2.24, 2.45) is 0 Å². The Hall–Kier alpha value is -4.01. The Balaban J connectivity index is 1.77. The molecule has 2 amide bonds. The molecule has 0 bridgehead atoms. The number of aliphatic hydroxyl groups is 1. The number of para-hydroxylation sites is 2. The van der Waals surface area contributed by atoms with Crippen molar-refractivity contribution < 1.29 is 14.7 Å². The molecule has 1 aliphatic rings. The monoisotopic (exact) mass is 441 g/mol. The first-order valence-electron chi connectivity index (χ1n) is 10.6. The number of imide groups is 1. The minimum absolute atomic E-state index is 0.227. The van der Waals surface area contributed by atoms with Crippen LogP contribution in [0, 0.1) is 0 Å². The molecule has 1 unspecified atom stereocenters. The van der Waals surface area contributed by atoms with Crippen molar-refractivity contribution in [1.82, 2.24) is 25.0 Å². The summed E-state index contributed by atoms with van der Waals surface area (Å²) in [5.41, 5.74) is 3.21. The van der Waals surface area contributed by atoms with Crippen LogP contribution >= 0.6 is 0 Å². The van der Waals surface area contributed by atoms with Crippen LogP contribution in [0.25, 0.3) is 39.2 Å². The molecule has 0 radical (unpaired) electrons. The lowest BCUT2D eigenvalue weighted by molar-refractivity contribution is -0.122. The number of likely N-dealkylation sites (N-methyl/N-ethyl adjacent to an activating group) is 1. The molecule has 8 nitrogen and oxygen atoms in total. The van der Waals surface area contributed by atoms with Gasteiger partial charge in [-0.2, -0.15) is 5.10 Å². The van der Waals surface area contributed by atoms with E-state index in [1.807, 2.05) is 53.1 Å². The van der Waals surface area contributed by atoms with Gasteiger partial charge in [0.2, 0.25) is 0 Å². The van der Waals surface area contributed by atoms with Crippen LogP contribution in [0.15, 0.2) is 61.3 Å². The normalized spacial score (nSPS) is 15.0. The fourth-order valence-corrected chi connectivity index (χ4v) is 4.44. The van der Waals surface area contributed by atoms with Crippen molar-refractivity contribution in [2.45, 2.75) is 12.6 Å². The molecule has 3 heterocycles. The van der Waals surface area contributed by atoms with E-state index in [0.29, 0.717) is 17.8 Å².